The number of benzene rings is 1. The predicted octanol–water partition coefficient (Wildman–Crippen LogP) is 2.15. The van der Waals surface area contributed by atoms with Gasteiger partial charge < -0.3 is 5.11 Å². The van der Waals surface area contributed by atoms with Crippen LogP contribution in [-0.2, 0) is 10.0 Å². The molecule has 1 fully saturated rings. The van der Waals surface area contributed by atoms with Crippen LogP contribution in [0.2, 0.25) is 5.02 Å². The molecule has 2 rings (SSSR count). The van der Waals surface area contributed by atoms with Crippen LogP contribution >= 0.6 is 27.5 Å². The summed E-state index contributed by atoms with van der Waals surface area (Å²) in [6.45, 7) is 0.113. The fraction of sp³-hybridized carbons (Fsp3) is 0.455. The molecule has 0 aromatic heterocycles. The fourth-order valence-electron chi connectivity index (χ4n) is 1.91. The van der Waals surface area contributed by atoms with E-state index in [1.165, 1.54) is 12.1 Å². The van der Waals surface area contributed by atoms with Crippen LogP contribution in [0.4, 0.5) is 0 Å². The van der Waals surface area contributed by atoms with Crippen LogP contribution in [-0.4, -0.2) is 26.2 Å². The van der Waals surface area contributed by atoms with E-state index in [0.717, 1.165) is 0 Å². The molecular formula is C11H13BrClNO3S. The van der Waals surface area contributed by atoms with Crippen molar-refractivity contribution in [3.05, 3.63) is 27.7 Å². The number of rotatable bonds is 4. The highest BCUT2D eigenvalue weighted by Crippen LogP contribution is 2.29. The molecule has 2 N–H and O–H groups in total. The van der Waals surface area contributed by atoms with Crippen molar-refractivity contribution in [2.75, 3.05) is 6.61 Å². The van der Waals surface area contributed by atoms with Gasteiger partial charge in [-0.2, -0.15) is 0 Å². The van der Waals surface area contributed by atoms with Gasteiger partial charge in [-0.3, -0.25) is 0 Å². The monoisotopic (exact) mass is 353 g/mol. The first-order valence-corrected chi connectivity index (χ1v) is 8.16. The highest BCUT2D eigenvalue weighted by atomic mass is 79.9. The van der Waals surface area contributed by atoms with Crippen molar-refractivity contribution in [1.29, 1.82) is 0 Å². The summed E-state index contributed by atoms with van der Waals surface area (Å²) in [6.07, 6.45) is 1.36. The van der Waals surface area contributed by atoms with E-state index in [1.54, 1.807) is 6.07 Å². The number of sulfonamides is 1. The molecule has 0 amide bonds. The molecule has 0 atom stereocenters. The SMILES string of the molecule is O=S(=O)(NC1CC(CO)C1)c1ccc(Br)c(Cl)c1. The fourth-order valence-corrected chi connectivity index (χ4v) is 3.69. The van der Waals surface area contributed by atoms with Gasteiger partial charge in [0.15, 0.2) is 0 Å². The minimum absolute atomic E-state index is 0.0884. The second-order valence-electron chi connectivity index (χ2n) is 4.41. The van der Waals surface area contributed by atoms with Gasteiger partial charge in [0.1, 0.15) is 0 Å². The molecule has 100 valence electrons. The van der Waals surface area contributed by atoms with Crippen molar-refractivity contribution in [1.82, 2.24) is 4.72 Å². The van der Waals surface area contributed by atoms with Gasteiger partial charge in [-0.1, -0.05) is 11.6 Å². The van der Waals surface area contributed by atoms with E-state index in [0.29, 0.717) is 22.3 Å². The third kappa shape index (κ3) is 3.05. The van der Waals surface area contributed by atoms with Gasteiger partial charge in [0.25, 0.3) is 0 Å². The maximum absolute atomic E-state index is 12.0. The smallest absolute Gasteiger partial charge is 0.240 e. The van der Waals surface area contributed by atoms with E-state index in [1.807, 2.05) is 0 Å². The largest absolute Gasteiger partial charge is 0.396 e. The number of aliphatic hydroxyl groups is 1. The molecule has 1 aromatic carbocycles. The molecule has 0 aliphatic heterocycles. The van der Waals surface area contributed by atoms with Gasteiger partial charge in [-0.05, 0) is 52.9 Å². The summed E-state index contributed by atoms with van der Waals surface area (Å²) in [5.41, 5.74) is 0. The minimum Gasteiger partial charge on any atom is -0.396 e. The molecule has 0 radical (unpaired) electrons. The van der Waals surface area contributed by atoms with Crippen LogP contribution in [0.3, 0.4) is 0 Å². The molecule has 1 saturated carbocycles. The van der Waals surface area contributed by atoms with Gasteiger partial charge in [0, 0.05) is 17.1 Å². The zero-order chi connectivity index (χ0) is 13.3. The standard InChI is InChI=1S/C11H13BrClNO3S/c12-10-2-1-9(5-11(10)13)18(16,17)14-8-3-7(4-8)6-15/h1-2,5,7-8,14-15H,3-4,6H2. The second kappa shape index (κ2) is 5.46. The summed E-state index contributed by atoms with van der Waals surface area (Å²) in [4.78, 5) is 0.156. The molecule has 0 spiro atoms. The summed E-state index contributed by atoms with van der Waals surface area (Å²) in [5.74, 6) is 0.214. The Morgan fingerprint density at radius 1 is 1.44 bits per heavy atom. The van der Waals surface area contributed by atoms with Crippen LogP contribution in [0.25, 0.3) is 0 Å². The Balaban J connectivity index is 2.09. The van der Waals surface area contributed by atoms with Crippen molar-refractivity contribution < 1.29 is 13.5 Å². The summed E-state index contributed by atoms with van der Waals surface area (Å²) in [6, 6.07) is 4.43. The third-order valence-corrected chi connectivity index (χ3v) is 5.77. The first-order valence-electron chi connectivity index (χ1n) is 5.50. The lowest BCUT2D eigenvalue weighted by molar-refractivity contribution is 0.137. The van der Waals surface area contributed by atoms with Crippen LogP contribution in [0.15, 0.2) is 27.6 Å². The lowest BCUT2D eigenvalue weighted by Gasteiger charge is -2.34. The van der Waals surface area contributed by atoms with E-state index < -0.39 is 10.0 Å². The van der Waals surface area contributed by atoms with Gasteiger partial charge in [-0.15, -0.1) is 0 Å². The lowest BCUT2D eigenvalue weighted by atomic mass is 9.82. The van der Waals surface area contributed by atoms with Crippen molar-refractivity contribution in [3.8, 4) is 0 Å². The third-order valence-electron chi connectivity index (χ3n) is 3.02. The number of halogens is 2. The Morgan fingerprint density at radius 3 is 2.67 bits per heavy atom. The Hall–Kier alpha value is -0.140. The normalized spacial score (nSPS) is 23.7. The Morgan fingerprint density at radius 2 is 2.11 bits per heavy atom. The maximum Gasteiger partial charge on any atom is 0.240 e. The van der Waals surface area contributed by atoms with Crippen molar-refractivity contribution >= 4 is 37.6 Å². The molecule has 1 aliphatic rings. The van der Waals surface area contributed by atoms with Crippen molar-refractivity contribution in [3.63, 3.8) is 0 Å². The molecule has 0 saturated heterocycles. The molecule has 1 aliphatic carbocycles. The first kappa shape index (κ1) is 14.3. The van der Waals surface area contributed by atoms with Crippen LogP contribution in [0, 0.1) is 5.92 Å². The molecule has 4 nitrogen and oxygen atoms in total. The summed E-state index contributed by atoms with van der Waals surface area (Å²) < 4.78 is 27.4. The number of nitrogens with one attached hydrogen (secondary N) is 1. The van der Waals surface area contributed by atoms with Crippen molar-refractivity contribution in [2.24, 2.45) is 5.92 Å². The minimum atomic E-state index is -3.53. The molecule has 1 aromatic rings. The van der Waals surface area contributed by atoms with E-state index in [9.17, 15) is 8.42 Å². The zero-order valence-electron chi connectivity index (χ0n) is 9.44. The highest BCUT2D eigenvalue weighted by molar-refractivity contribution is 9.10. The highest BCUT2D eigenvalue weighted by Gasteiger charge is 2.32. The molecular weight excluding hydrogens is 342 g/mol. The number of aliphatic hydroxyl groups excluding tert-OH is 1. The summed E-state index contributed by atoms with van der Waals surface area (Å²) in [5, 5.41) is 9.25. The topological polar surface area (TPSA) is 66.4 Å². The quantitative estimate of drug-likeness (QED) is 0.870. The van der Waals surface area contributed by atoms with Gasteiger partial charge in [0.05, 0.1) is 9.92 Å². The van der Waals surface area contributed by atoms with Gasteiger partial charge >= 0.3 is 0 Å². The Labute approximate surface area is 120 Å². The molecule has 0 heterocycles. The van der Waals surface area contributed by atoms with E-state index in [2.05, 4.69) is 20.7 Å². The average molecular weight is 355 g/mol. The van der Waals surface area contributed by atoms with E-state index in [4.69, 9.17) is 16.7 Å². The summed E-state index contributed by atoms with van der Waals surface area (Å²) in [7, 11) is -3.53. The predicted molar refractivity (Wildman–Crippen MR) is 73.1 cm³/mol. The number of hydrogen-bond acceptors (Lipinski definition) is 3. The van der Waals surface area contributed by atoms with Crippen LogP contribution in [0.1, 0.15) is 12.8 Å². The molecule has 7 heteroatoms. The van der Waals surface area contributed by atoms with Gasteiger partial charge in [-0.25, -0.2) is 13.1 Å². The van der Waals surface area contributed by atoms with E-state index >= 15 is 0 Å². The van der Waals surface area contributed by atoms with Crippen LogP contribution < -0.4 is 4.72 Å². The molecule has 0 unspecified atom stereocenters. The second-order valence-corrected chi connectivity index (χ2v) is 7.39. The maximum atomic E-state index is 12.0. The Bertz CT molecular complexity index is 543. The summed E-state index contributed by atoms with van der Waals surface area (Å²) >= 11 is 9.09. The first-order chi connectivity index (χ1) is 8.42. The average Bonchev–Trinajstić information content (AvgIpc) is 2.26. The van der Waals surface area contributed by atoms with Gasteiger partial charge in [0.2, 0.25) is 10.0 Å². The molecule has 18 heavy (non-hydrogen) atoms. The van der Waals surface area contributed by atoms with Crippen molar-refractivity contribution in [2.45, 2.75) is 23.8 Å². The number of hydrogen-bond donors (Lipinski definition) is 2. The molecule has 0 bridgehead atoms. The lowest BCUT2D eigenvalue weighted by Crippen LogP contribution is -2.45. The van der Waals surface area contributed by atoms with Crippen LogP contribution in [0.5, 0.6) is 0 Å². The Kier molecular flexibility index (Phi) is 4.33. The van der Waals surface area contributed by atoms with E-state index in [-0.39, 0.29) is 23.5 Å². The zero-order valence-corrected chi connectivity index (χ0v) is 12.6.